The van der Waals surface area contributed by atoms with Gasteiger partial charge in [0, 0.05) is 0 Å². The number of hydrogen-bond acceptors (Lipinski definition) is 0. The Bertz CT molecular complexity index is 634. The molecule has 4 aliphatic carbocycles. The minimum absolute atomic E-state index is 0.399. The highest BCUT2D eigenvalue weighted by Gasteiger charge is 2.57. The molecule has 2 fully saturated rings. The number of fused-ring (bicyclic) bond motifs is 5. The summed E-state index contributed by atoms with van der Waals surface area (Å²) in [6.07, 6.45) is 23.7. The first-order valence-electron chi connectivity index (χ1n) is 11.9. The predicted molar refractivity (Wildman–Crippen MR) is 117 cm³/mol. The third kappa shape index (κ3) is 3.20. The third-order valence-corrected chi connectivity index (χ3v) is 9.46. The Hall–Kier alpha value is -0.780. The Kier molecular flexibility index (Phi) is 5.23. The van der Waals surface area contributed by atoms with E-state index in [1.165, 1.54) is 51.4 Å². The van der Waals surface area contributed by atoms with Gasteiger partial charge in [-0.2, -0.15) is 0 Å². The molecule has 0 heterocycles. The fourth-order valence-electron chi connectivity index (χ4n) is 7.85. The summed E-state index contributed by atoms with van der Waals surface area (Å²) < 4.78 is 0. The molecular formula is C27H42. The minimum atomic E-state index is 0.399. The maximum Gasteiger partial charge on any atom is -0.000690 e. The average molecular weight is 367 g/mol. The lowest BCUT2D eigenvalue weighted by molar-refractivity contribution is -0.0222. The van der Waals surface area contributed by atoms with E-state index in [9.17, 15) is 0 Å². The van der Waals surface area contributed by atoms with Crippen LogP contribution in [0.15, 0.2) is 36.0 Å². The van der Waals surface area contributed by atoms with Crippen LogP contribution < -0.4 is 0 Å². The molecule has 0 aromatic carbocycles. The van der Waals surface area contributed by atoms with Crippen molar-refractivity contribution in [2.45, 2.75) is 86.0 Å². The summed E-state index contributed by atoms with van der Waals surface area (Å²) in [5.74, 6) is 5.34. The summed E-state index contributed by atoms with van der Waals surface area (Å²) in [6, 6.07) is 0. The zero-order chi connectivity index (χ0) is 19.2. The summed E-state index contributed by atoms with van der Waals surface area (Å²) in [5.41, 5.74) is 2.59. The van der Waals surface area contributed by atoms with Gasteiger partial charge in [0.15, 0.2) is 0 Å². The van der Waals surface area contributed by atoms with Crippen molar-refractivity contribution < 1.29 is 0 Å². The molecule has 0 heteroatoms. The molecule has 4 aliphatic rings. The largest absolute Gasteiger partial charge is 0.0836 e. The third-order valence-electron chi connectivity index (χ3n) is 9.46. The molecule has 0 unspecified atom stereocenters. The van der Waals surface area contributed by atoms with Gasteiger partial charge in [-0.05, 0) is 84.0 Å². The maximum absolute atomic E-state index is 2.69. The highest BCUT2D eigenvalue weighted by atomic mass is 14.6. The topological polar surface area (TPSA) is 0 Å². The smallest absolute Gasteiger partial charge is 0.000690 e. The lowest BCUT2D eigenvalue weighted by Crippen LogP contribution is -2.48. The lowest BCUT2D eigenvalue weighted by atomic mass is 9.48. The number of rotatable bonds is 5. The molecule has 0 radical (unpaired) electrons. The van der Waals surface area contributed by atoms with Crippen LogP contribution in [0, 0.1) is 46.3 Å². The predicted octanol–water partition coefficient (Wildman–Crippen LogP) is 7.97. The standard InChI is InChI=1S/C27H42/c1-19(2)9-8-10-20(3)23-14-15-24-22-13-12-21-11-6-7-17-26(21,4)25(22)16-18-27(23,24)5/h6-7,11-13,19-20,22-25H,8-10,14-18H2,1-5H3/t20-,22+,23-,24+,25+,26+,27-/m1/s1. The molecule has 0 bridgehead atoms. The first kappa shape index (κ1) is 19.5. The second-order valence-corrected chi connectivity index (χ2v) is 11.4. The van der Waals surface area contributed by atoms with Gasteiger partial charge in [0.2, 0.25) is 0 Å². The van der Waals surface area contributed by atoms with Crippen LogP contribution in [0.25, 0.3) is 0 Å². The van der Waals surface area contributed by atoms with Crippen LogP contribution in [0.5, 0.6) is 0 Å². The van der Waals surface area contributed by atoms with Gasteiger partial charge in [0.1, 0.15) is 0 Å². The first-order chi connectivity index (χ1) is 12.9. The second kappa shape index (κ2) is 7.23. The van der Waals surface area contributed by atoms with Gasteiger partial charge in [-0.25, -0.2) is 0 Å². The van der Waals surface area contributed by atoms with Gasteiger partial charge in [-0.1, -0.05) is 84.3 Å². The van der Waals surface area contributed by atoms with Crippen molar-refractivity contribution in [1.82, 2.24) is 0 Å². The molecule has 0 aromatic rings. The Morgan fingerprint density at radius 1 is 1.04 bits per heavy atom. The molecule has 0 amide bonds. The van der Waals surface area contributed by atoms with Gasteiger partial charge < -0.3 is 0 Å². The zero-order valence-corrected chi connectivity index (χ0v) is 18.5. The van der Waals surface area contributed by atoms with Gasteiger partial charge in [-0.3, -0.25) is 0 Å². The van der Waals surface area contributed by atoms with Crippen LogP contribution in [0.4, 0.5) is 0 Å². The Morgan fingerprint density at radius 3 is 2.63 bits per heavy atom. The molecule has 4 rings (SSSR count). The van der Waals surface area contributed by atoms with Gasteiger partial charge in [-0.15, -0.1) is 0 Å². The van der Waals surface area contributed by atoms with E-state index in [4.69, 9.17) is 0 Å². The van der Waals surface area contributed by atoms with Crippen LogP contribution in [0.3, 0.4) is 0 Å². The number of hydrogen-bond donors (Lipinski definition) is 0. The molecule has 7 atom stereocenters. The van der Waals surface area contributed by atoms with Gasteiger partial charge >= 0.3 is 0 Å². The molecule has 0 aromatic heterocycles. The second-order valence-electron chi connectivity index (χ2n) is 11.4. The van der Waals surface area contributed by atoms with Crippen molar-refractivity contribution in [2.75, 3.05) is 0 Å². The molecule has 27 heavy (non-hydrogen) atoms. The van der Waals surface area contributed by atoms with E-state index in [2.05, 4.69) is 65.0 Å². The van der Waals surface area contributed by atoms with E-state index in [1.54, 1.807) is 5.57 Å². The van der Waals surface area contributed by atoms with Crippen molar-refractivity contribution in [3.63, 3.8) is 0 Å². The highest BCUT2D eigenvalue weighted by molar-refractivity contribution is 5.39. The van der Waals surface area contributed by atoms with E-state index in [-0.39, 0.29) is 0 Å². The Morgan fingerprint density at radius 2 is 1.85 bits per heavy atom. The molecule has 0 aliphatic heterocycles. The molecule has 0 nitrogen and oxygen atoms in total. The summed E-state index contributed by atoms with van der Waals surface area (Å²) in [4.78, 5) is 0. The first-order valence-corrected chi connectivity index (χ1v) is 11.9. The summed E-state index contributed by atoms with van der Waals surface area (Å²) in [5, 5.41) is 0. The summed E-state index contributed by atoms with van der Waals surface area (Å²) >= 11 is 0. The van der Waals surface area contributed by atoms with E-state index in [0.717, 1.165) is 35.5 Å². The zero-order valence-electron chi connectivity index (χ0n) is 18.5. The van der Waals surface area contributed by atoms with E-state index in [1.807, 2.05) is 0 Å². The Balaban J connectivity index is 1.51. The molecule has 0 N–H and O–H groups in total. The van der Waals surface area contributed by atoms with Crippen molar-refractivity contribution in [3.05, 3.63) is 36.0 Å². The molecule has 2 saturated carbocycles. The van der Waals surface area contributed by atoms with Crippen LogP contribution in [-0.2, 0) is 0 Å². The molecule has 0 spiro atoms. The fourth-order valence-corrected chi connectivity index (χ4v) is 7.85. The van der Waals surface area contributed by atoms with Crippen LogP contribution in [0.1, 0.15) is 86.0 Å². The Labute approximate surface area is 168 Å². The van der Waals surface area contributed by atoms with Crippen LogP contribution in [0.2, 0.25) is 0 Å². The van der Waals surface area contributed by atoms with Crippen molar-refractivity contribution in [2.24, 2.45) is 46.3 Å². The molecule has 150 valence electrons. The van der Waals surface area contributed by atoms with Gasteiger partial charge in [0.05, 0.1) is 0 Å². The maximum atomic E-state index is 2.69. The van der Waals surface area contributed by atoms with E-state index >= 15 is 0 Å². The number of allylic oxidation sites excluding steroid dienone is 6. The summed E-state index contributed by atoms with van der Waals surface area (Å²) in [6.45, 7) is 12.6. The molecule has 0 saturated heterocycles. The highest BCUT2D eigenvalue weighted by Crippen LogP contribution is 2.66. The normalized spacial score (nSPS) is 43.9. The monoisotopic (exact) mass is 366 g/mol. The quantitative estimate of drug-likeness (QED) is 0.463. The average Bonchev–Trinajstić information content (AvgIpc) is 2.98. The van der Waals surface area contributed by atoms with Crippen LogP contribution >= 0.6 is 0 Å². The van der Waals surface area contributed by atoms with Crippen molar-refractivity contribution in [3.8, 4) is 0 Å². The van der Waals surface area contributed by atoms with Gasteiger partial charge in [0.25, 0.3) is 0 Å². The van der Waals surface area contributed by atoms with Crippen molar-refractivity contribution >= 4 is 0 Å². The summed E-state index contributed by atoms with van der Waals surface area (Å²) in [7, 11) is 0. The lowest BCUT2D eigenvalue weighted by Gasteiger charge is -2.56. The molecular weight excluding hydrogens is 324 g/mol. The SMILES string of the molecule is CC(C)CCC[C@@H](C)[C@H]1CC[C@H]2[C@@H]3C=CC4=CC=CC[C@]4(C)[C@H]3CC[C@]12C. The van der Waals surface area contributed by atoms with Crippen LogP contribution in [-0.4, -0.2) is 0 Å². The van der Waals surface area contributed by atoms with E-state index < -0.39 is 0 Å². The fraction of sp³-hybridized carbons (Fsp3) is 0.778. The van der Waals surface area contributed by atoms with Crippen molar-refractivity contribution in [1.29, 1.82) is 0 Å². The minimum Gasteiger partial charge on any atom is -0.0836 e. The van der Waals surface area contributed by atoms with E-state index in [0.29, 0.717) is 10.8 Å².